The molecule has 1 aromatic rings. The average molecular weight is 255 g/mol. The number of carbonyl (C=O) groups excluding carboxylic acids is 1. The smallest absolute Gasteiger partial charge is 0.174 e. The lowest BCUT2D eigenvalue weighted by Crippen LogP contribution is -1.98. The van der Waals surface area contributed by atoms with Gasteiger partial charge in [0.1, 0.15) is 5.82 Å². The van der Waals surface area contributed by atoms with Crippen LogP contribution in [0.1, 0.15) is 23.7 Å². The molecule has 0 heterocycles. The van der Waals surface area contributed by atoms with Crippen LogP contribution < -0.4 is 0 Å². The lowest BCUT2D eigenvalue weighted by Gasteiger charge is -1.98. The van der Waals surface area contributed by atoms with Gasteiger partial charge in [-0.05, 0) is 35.0 Å². The first-order chi connectivity index (χ1) is 6.65. The highest BCUT2D eigenvalue weighted by atomic mass is 79.9. The molecule has 0 unspecified atom stereocenters. The molecule has 1 aromatic carbocycles. The SMILES string of the molecule is CC#CCC(=O)c1ccc(Br)c(F)c1. The molecule has 0 aromatic heterocycles. The Hall–Kier alpha value is -1.14. The molecule has 0 aliphatic carbocycles. The van der Waals surface area contributed by atoms with Gasteiger partial charge >= 0.3 is 0 Å². The van der Waals surface area contributed by atoms with E-state index in [1.807, 2.05) is 0 Å². The van der Waals surface area contributed by atoms with E-state index >= 15 is 0 Å². The zero-order valence-corrected chi connectivity index (χ0v) is 9.19. The lowest BCUT2D eigenvalue weighted by molar-refractivity contribution is 0.0997. The maximum Gasteiger partial charge on any atom is 0.174 e. The fraction of sp³-hybridized carbons (Fsp3) is 0.182. The van der Waals surface area contributed by atoms with E-state index in [1.165, 1.54) is 12.1 Å². The molecule has 0 amide bonds. The van der Waals surface area contributed by atoms with E-state index in [0.29, 0.717) is 10.0 Å². The van der Waals surface area contributed by atoms with Crippen molar-refractivity contribution in [3.8, 4) is 11.8 Å². The van der Waals surface area contributed by atoms with E-state index in [2.05, 4.69) is 27.8 Å². The lowest BCUT2D eigenvalue weighted by atomic mass is 10.1. The Balaban J connectivity index is 2.89. The van der Waals surface area contributed by atoms with Gasteiger partial charge in [0.2, 0.25) is 0 Å². The first-order valence-electron chi connectivity index (χ1n) is 4.03. The Morgan fingerprint density at radius 3 is 2.86 bits per heavy atom. The number of benzene rings is 1. The van der Waals surface area contributed by atoms with E-state index in [0.717, 1.165) is 0 Å². The molecular formula is C11H8BrFO. The molecule has 0 bridgehead atoms. The van der Waals surface area contributed by atoms with Gasteiger partial charge in [-0.2, -0.15) is 0 Å². The average Bonchev–Trinajstić information content (AvgIpc) is 2.18. The van der Waals surface area contributed by atoms with Crippen LogP contribution in [0.2, 0.25) is 0 Å². The van der Waals surface area contributed by atoms with Gasteiger partial charge in [0.25, 0.3) is 0 Å². The maximum absolute atomic E-state index is 13.0. The van der Waals surface area contributed by atoms with E-state index in [4.69, 9.17) is 0 Å². The number of hydrogen-bond donors (Lipinski definition) is 0. The first-order valence-corrected chi connectivity index (χ1v) is 4.82. The molecule has 0 aliphatic rings. The second-order valence-electron chi connectivity index (χ2n) is 2.66. The molecule has 0 N–H and O–H groups in total. The minimum absolute atomic E-state index is 0.136. The molecule has 0 radical (unpaired) electrons. The van der Waals surface area contributed by atoms with Crippen molar-refractivity contribution in [2.45, 2.75) is 13.3 Å². The molecule has 0 saturated carbocycles. The van der Waals surface area contributed by atoms with Crippen molar-refractivity contribution in [1.29, 1.82) is 0 Å². The van der Waals surface area contributed by atoms with Gasteiger partial charge in [-0.1, -0.05) is 12.0 Å². The van der Waals surface area contributed by atoms with E-state index in [-0.39, 0.29) is 12.2 Å². The number of carbonyl (C=O) groups is 1. The first kappa shape index (κ1) is 10.9. The monoisotopic (exact) mass is 254 g/mol. The van der Waals surface area contributed by atoms with Crippen molar-refractivity contribution in [1.82, 2.24) is 0 Å². The third-order valence-electron chi connectivity index (χ3n) is 1.67. The molecule has 72 valence electrons. The summed E-state index contributed by atoms with van der Waals surface area (Å²) in [7, 11) is 0. The van der Waals surface area contributed by atoms with Crippen molar-refractivity contribution in [3.63, 3.8) is 0 Å². The fourth-order valence-corrected chi connectivity index (χ4v) is 1.19. The maximum atomic E-state index is 13.0. The Morgan fingerprint density at radius 2 is 2.29 bits per heavy atom. The van der Waals surface area contributed by atoms with Crippen LogP contribution in [-0.4, -0.2) is 5.78 Å². The van der Waals surface area contributed by atoms with Gasteiger partial charge in [0, 0.05) is 5.56 Å². The van der Waals surface area contributed by atoms with Gasteiger partial charge in [-0.25, -0.2) is 4.39 Å². The Bertz CT molecular complexity index is 415. The van der Waals surface area contributed by atoms with Crippen LogP contribution in [0.4, 0.5) is 4.39 Å². The standard InChI is InChI=1S/C11H8BrFO/c1-2-3-4-11(14)8-5-6-9(12)10(13)7-8/h5-7H,4H2,1H3. The van der Waals surface area contributed by atoms with Crippen molar-refractivity contribution in [3.05, 3.63) is 34.1 Å². The summed E-state index contributed by atoms with van der Waals surface area (Å²) >= 11 is 3.02. The topological polar surface area (TPSA) is 17.1 Å². The van der Waals surface area contributed by atoms with Crippen LogP contribution in [0.15, 0.2) is 22.7 Å². The molecular weight excluding hydrogens is 247 g/mol. The predicted molar refractivity (Wildman–Crippen MR) is 56.5 cm³/mol. The Morgan fingerprint density at radius 1 is 1.57 bits per heavy atom. The largest absolute Gasteiger partial charge is 0.293 e. The molecule has 0 spiro atoms. The summed E-state index contributed by atoms with van der Waals surface area (Å²) in [6.07, 6.45) is 0.136. The van der Waals surface area contributed by atoms with Crippen LogP contribution in [-0.2, 0) is 0 Å². The Kier molecular flexibility index (Phi) is 3.84. The number of rotatable bonds is 2. The van der Waals surface area contributed by atoms with Gasteiger partial charge in [0.05, 0.1) is 10.9 Å². The summed E-state index contributed by atoms with van der Waals surface area (Å²) in [5.41, 5.74) is 0.355. The van der Waals surface area contributed by atoms with Crippen LogP contribution in [0.5, 0.6) is 0 Å². The Labute approximate surface area is 90.4 Å². The molecule has 0 fully saturated rings. The zero-order chi connectivity index (χ0) is 10.6. The minimum atomic E-state index is -0.430. The van der Waals surface area contributed by atoms with Gasteiger partial charge in [0.15, 0.2) is 5.78 Å². The third kappa shape index (κ3) is 2.68. The molecule has 14 heavy (non-hydrogen) atoms. The zero-order valence-electron chi connectivity index (χ0n) is 7.60. The second kappa shape index (κ2) is 4.92. The van der Waals surface area contributed by atoms with E-state index < -0.39 is 5.82 Å². The van der Waals surface area contributed by atoms with E-state index in [9.17, 15) is 9.18 Å². The number of hydrogen-bond acceptors (Lipinski definition) is 1. The minimum Gasteiger partial charge on any atom is -0.293 e. The van der Waals surface area contributed by atoms with Crippen LogP contribution in [0.3, 0.4) is 0 Å². The summed E-state index contributed by atoms with van der Waals surface area (Å²) in [5, 5.41) is 0. The predicted octanol–water partition coefficient (Wildman–Crippen LogP) is 3.18. The summed E-state index contributed by atoms with van der Waals surface area (Å²) < 4.78 is 13.4. The number of halogens is 2. The fourth-order valence-electron chi connectivity index (χ4n) is 0.940. The molecule has 1 nitrogen and oxygen atoms in total. The summed E-state index contributed by atoms with van der Waals surface area (Å²) in [4.78, 5) is 11.4. The van der Waals surface area contributed by atoms with Crippen molar-refractivity contribution in [2.75, 3.05) is 0 Å². The number of ketones is 1. The summed E-state index contributed by atoms with van der Waals surface area (Å²) in [6, 6.07) is 4.30. The summed E-state index contributed by atoms with van der Waals surface area (Å²) in [5.74, 6) is 4.68. The van der Waals surface area contributed by atoms with E-state index in [1.54, 1.807) is 13.0 Å². The van der Waals surface area contributed by atoms with Crippen LogP contribution in [0, 0.1) is 17.7 Å². The van der Waals surface area contributed by atoms with Crippen molar-refractivity contribution in [2.24, 2.45) is 0 Å². The normalized spacial score (nSPS) is 9.07. The molecule has 3 heteroatoms. The highest BCUT2D eigenvalue weighted by molar-refractivity contribution is 9.10. The molecule has 1 rings (SSSR count). The van der Waals surface area contributed by atoms with Gasteiger partial charge in [-0.3, -0.25) is 4.79 Å². The van der Waals surface area contributed by atoms with Gasteiger partial charge < -0.3 is 0 Å². The molecule has 0 aliphatic heterocycles. The highest BCUT2D eigenvalue weighted by Gasteiger charge is 2.06. The van der Waals surface area contributed by atoms with Crippen molar-refractivity contribution < 1.29 is 9.18 Å². The van der Waals surface area contributed by atoms with Crippen LogP contribution in [0.25, 0.3) is 0 Å². The third-order valence-corrected chi connectivity index (χ3v) is 2.31. The highest BCUT2D eigenvalue weighted by Crippen LogP contribution is 2.17. The summed E-state index contributed by atoms with van der Waals surface area (Å²) in [6.45, 7) is 1.66. The quantitative estimate of drug-likeness (QED) is 0.586. The second-order valence-corrected chi connectivity index (χ2v) is 3.51. The molecule has 0 atom stereocenters. The molecule has 0 saturated heterocycles. The van der Waals surface area contributed by atoms with Gasteiger partial charge in [-0.15, -0.1) is 5.92 Å². The number of Topliss-reactive ketones (excluding diaryl/α,β-unsaturated/α-hetero) is 1. The van der Waals surface area contributed by atoms with Crippen LogP contribution >= 0.6 is 15.9 Å². The van der Waals surface area contributed by atoms with Crippen molar-refractivity contribution >= 4 is 21.7 Å².